The molecule has 2 aromatic rings. The van der Waals surface area contributed by atoms with Crippen LogP contribution in [-0.4, -0.2) is 43.6 Å². The van der Waals surface area contributed by atoms with Crippen LogP contribution in [0.5, 0.6) is 0 Å². The van der Waals surface area contributed by atoms with E-state index in [1.54, 1.807) is 29.8 Å². The van der Waals surface area contributed by atoms with Gasteiger partial charge in [-0.3, -0.25) is 4.90 Å². The first kappa shape index (κ1) is 14.6. The molecule has 0 unspecified atom stereocenters. The second kappa shape index (κ2) is 6.60. The summed E-state index contributed by atoms with van der Waals surface area (Å²) in [4.78, 5) is 15.5. The Hall–Kier alpha value is -1.37. The Morgan fingerprint density at radius 3 is 2.95 bits per heavy atom. The summed E-state index contributed by atoms with van der Waals surface area (Å²) < 4.78 is 0. The first-order valence-electron chi connectivity index (χ1n) is 7.38. The summed E-state index contributed by atoms with van der Waals surface area (Å²) in [5.74, 6) is 0.680. The van der Waals surface area contributed by atoms with Crippen molar-refractivity contribution in [1.29, 1.82) is 0 Å². The van der Waals surface area contributed by atoms with Gasteiger partial charge in [-0.1, -0.05) is 6.42 Å². The van der Waals surface area contributed by atoms with E-state index in [1.165, 1.54) is 12.8 Å². The number of thiazole rings is 1. The number of nitrogens with zero attached hydrogens (tertiary/aromatic N) is 4. The molecule has 0 saturated carbocycles. The van der Waals surface area contributed by atoms with Gasteiger partial charge in [-0.05, 0) is 32.4 Å². The van der Waals surface area contributed by atoms with E-state index in [-0.39, 0.29) is 12.1 Å². The summed E-state index contributed by atoms with van der Waals surface area (Å²) in [5, 5.41) is 12.9. The standard InChI is InChI=1S/C15H20N4OS/c1-11(20)13-5-2-3-8-19(13)9-12-10-21-15(18-12)14-16-6-4-7-17-14/h4,6-7,10-11,13,20H,2-3,5,8-9H2,1H3/t11-,13-/m1/s1. The lowest BCUT2D eigenvalue weighted by Crippen LogP contribution is -2.45. The van der Waals surface area contributed by atoms with Crippen molar-refractivity contribution < 1.29 is 5.11 Å². The van der Waals surface area contributed by atoms with Gasteiger partial charge in [-0.15, -0.1) is 11.3 Å². The highest BCUT2D eigenvalue weighted by Gasteiger charge is 2.26. The van der Waals surface area contributed by atoms with Crippen LogP contribution in [0, 0.1) is 0 Å². The monoisotopic (exact) mass is 304 g/mol. The number of rotatable bonds is 4. The first-order valence-corrected chi connectivity index (χ1v) is 8.26. The van der Waals surface area contributed by atoms with Crippen LogP contribution in [0.25, 0.3) is 10.8 Å². The number of likely N-dealkylation sites (tertiary alicyclic amines) is 1. The third kappa shape index (κ3) is 3.45. The maximum Gasteiger partial charge on any atom is 0.188 e. The molecule has 0 aromatic carbocycles. The van der Waals surface area contributed by atoms with Crippen molar-refractivity contribution in [2.45, 2.75) is 44.9 Å². The highest BCUT2D eigenvalue weighted by Crippen LogP contribution is 2.24. The molecule has 21 heavy (non-hydrogen) atoms. The zero-order valence-corrected chi connectivity index (χ0v) is 13.0. The average Bonchev–Trinajstić information content (AvgIpc) is 2.97. The topological polar surface area (TPSA) is 62.1 Å². The van der Waals surface area contributed by atoms with Crippen molar-refractivity contribution >= 4 is 11.3 Å². The SMILES string of the molecule is C[C@@H](O)[C@H]1CCCCN1Cc1csc(-c2ncccn2)n1. The van der Waals surface area contributed by atoms with E-state index < -0.39 is 0 Å². The Kier molecular flexibility index (Phi) is 4.57. The Labute approximate surface area is 128 Å². The third-order valence-electron chi connectivity index (χ3n) is 3.89. The zero-order chi connectivity index (χ0) is 14.7. The molecule has 6 heteroatoms. The van der Waals surface area contributed by atoms with Crippen molar-refractivity contribution in [2.75, 3.05) is 6.54 Å². The second-order valence-corrected chi connectivity index (χ2v) is 6.35. The largest absolute Gasteiger partial charge is 0.392 e. The molecule has 2 aromatic heterocycles. The third-order valence-corrected chi connectivity index (χ3v) is 4.78. The van der Waals surface area contributed by atoms with E-state index in [0.717, 1.165) is 30.2 Å². The van der Waals surface area contributed by atoms with Crippen LogP contribution in [-0.2, 0) is 6.54 Å². The summed E-state index contributed by atoms with van der Waals surface area (Å²) in [5.41, 5.74) is 1.04. The van der Waals surface area contributed by atoms with Crippen LogP contribution in [0.1, 0.15) is 31.9 Å². The summed E-state index contributed by atoms with van der Waals surface area (Å²) in [6.07, 6.45) is 6.64. The molecule has 1 aliphatic rings. The lowest BCUT2D eigenvalue weighted by Gasteiger charge is -2.36. The molecule has 112 valence electrons. The van der Waals surface area contributed by atoms with Crippen molar-refractivity contribution in [3.63, 3.8) is 0 Å². The molecule has 3 rings (SSSR count). The van der Waals surface area contributed by atoms with Crippen molar-refractivity contribution in [3.8, 4) is 10.8 Å². The Morgan fingerprint density at radius 2 is 2.19 bits per heavy atom. The molecule has 1 aliphatic heterocycles. The van der Waals surface area contributed by atoms with Gasteiger partial charge in [0.1, 0.15) is 0 Å². The molecule has 1 N–H and O–H groups in total. The quantitative estimate of drug-likeness (QED) is 0.939. The smallest absolute Gasteiger partial charge is 0.188 e. The van der Waals surface area contributed by atoms with Crippen LogP contribution in [0.4, 0.5) is 0 Å². The molecule has 1 fully saturated rings. The first-order chi connectivity index (χ1) is 10.2. The van der Waals surface area contributed by atoms with E-state index in [0.29, 0.717) is 5.82 Å². The molecule has 0 radical (unpaired) electrons. The molecule has 5 nitrogen and oxygen atoms in total. The van der Waals surface area contributed by atoms with Gasteiger partial charge >= 0.3 is 0 Å². The lowest BCUT2D eigenvalue weighted by atomic mass is 9.98. The van der Waals surface area contributed by atoms with Gasteiger partial charge in [0.05, 0.1) is 11.8 Å². The molecule has 0 bridgehead atoms. The normalized spacial score (nSPS) is 21.3. The van der Waals surface area contributed by atoms with Crippen LogP contribution >= 0.6 is 11.3 Å². The van der Waals surface area contributed by atoms with Crippen molar-refractivity contribution in [2.24, 2.45) is 0 Å². The number of piperidine rings is 1. The van der Waals surface area contributed by atoms with E-state index in [2.05, 4.69) is 25.2 Å². The van der Waals surface area contributed by atoms with Gasteiger partial charge < -0.3 is 5.11 Å². The fourth-order valence-electron chi connectivity index (χ4n) is 2.86. The minimum absolute atomic E-state index is 0.247. The van der Waals surface area contributed by atoms with E-state index >= 15 is 0 Å². The van der Waals surface area contributed by atoms with E-state index in [4.69, 9.17) is 0 Å². The average molecular weight is 304 g/mol. The molecule has 0 spiro atoms. The highest BCUT2D eigenvalue weighted by atomic mass is 32.1. The minimum Gasteiger partial charge on any atom is -0.392 e. The Morgan fingerprint density at radius 1 is 1.38 bits per heavy atom. The van der Waals surface area contributed by atoms with Crippen molar-refractivity contribution in [1.82, 2.24) is 19.9 Å². The maximum atomic E-state index is 9.93. The molecule has 0 amide bonds. The van der Waals surface area contributed by atoms with Gasteiger partial charge in [0.25, 0.3) is 0 Å². The molecule has 2 atom stereocenters. The lowest BCUT2D eigenvalue weighted by molar-refractivity contribution is 0.0311. The number of aromatic nitrogens is 3. The maximum absolute atomic E-state index is 9.93. The molecule has 1 saturated heterocycles. The molecule has 3 heterocycles. The predicted molar refractivity (Wildman–Crippen MR) is 82.9 cm³/mol. The number of aliphatic hydroxyl groups is 1. The molecular weight excluding hydrogens is 284 g/mol. The van der Waals surface area contributed by atoms with Gasteiger partial charge in [0, 0.05) is 30.4 Å². The molecular formula is C15H20N4OS. The van der Waals surface area contributed by atoms with E-state index in [9.17, 15) is 5.11 Å². The second-order valence-electron chi connectivity index (χ2n) is 5.49. The fourth-order valence-corrected chi connectivity index (χ4v) is 3.61. The number of hydrogen-bond donors (Lipinski definition) is 1. The Balaban J connectivity index is 1.72. The summed E-state index contributed by atoms with van der Waals surface area (Å²) in [6, 6.07) is 2.05. The van der Waals surface area contributed by atoms with Crippen LogP contribution in [0.2, 0.25) is 0 Å². The van der Waals surface area contributed by atoms with Crippen LogP contribution < -0.4 is 0 Å². The van der Waals surface area contributed by atoms with Gasteiger partial charge in [-0.25, -0.2) is 15.0 Å². The summed E-state index contributed by atoms with van der Waals surface area (Å²) >= 11 is 1.58. The Bertz CT molecular complexity index is 572. The minimum atomic E-state index is -0.291. The fraction of sp³-hybridized carbons (Fsp3) is 0.533. The van der Waals surface area contributed by atoms with Crippen LogP contribution in [0.3, 0.4) is 0 Å². The summed E-state index contributed by atoms with van der Waals surface area (Å²) in [6.45, 7) is 3.70. The number of aliphatic hydroxyl groups excluding tert-OH is 1. The highest BCUT2D eigenvalue weighted by molar-refractivity contribution is 7.13. The predicted octanol–water partition coefficient (Wildman–Crippen LogP) is 2.34. The van der Waals surface area contributed by atoms with E-state index in [1.807, 2.05) is 6.92 Å². The number of hydrogen-bond acceptors (Lipinski definition) is 6. The van der Waals surface area contributed by atoms with Crippen molar-refractivity contribution in [3.05, 3.63) is 29.5 Å². The van der Waals surface area contributed by atoms with Gasteiger partial charge in [0.15, 0.2) is 10.8 Å². The van der Waals surface area contributed by atoms with Gasteiger partial charge in [-0.2, -0.15) is 0 Å². The zero-order valence-electron chi connectivity index (χ0n) is 12.1. The summed E-state index contributed by atoms with van der Waals surface area (Å²) in [7, 11) is 0. The molecule has 0 aliphatic carbocycles. The van der Waals surface area contributed by atoms with Crippen LogP contribution in [0.15, 0.2) is 23.8 Å². The van der Waals surface area contributed by atoms with Gasteiger partial charge in [0.2, 0.25) is 0 Å².